The highest BCUT2D eigenvalue weighted by Gasteiger charge is 2.04. The molecule has 128 valence electrons. The minimum Gasteiger partial charge on any atom is -0.379 e. The van der Waals surface area contributed by atoms with E-state index in [1.165, 1.54) is 11.1 Å². The molecule has 2 rings (SSSR count). The van der Waals surface area contributed by atoms with E-state index in [4.69, 9.17) is 46.5 Å². The van der Waals surface area contributed by atoms with E-state index in [-0.39, 0.29) is 0 Å². The van der Waals surface area contributed by atoms with Gasteiger partial charge in [0.05, 0.1) is 0 Å². The van der Waals surface area contributed by atoms with Crippen molar-refractivity contribution in [1.82, 2.24) is 0 Å². The number of hydrogen-bond donors (Lipinski definition) is 0. The first-order valence-corrected chi connectivity index (χ1v) is 13.3. The van der Waals surface area contributed by atoms with Crippen LogP contribution in [0.3, 0.4) is 0 Å². The van der Waals surface area contributed by atoms with Gasteiger partial charge in [-0.1, -0.05) is 60.7 Å². The molecular weight excluding hydrogens is 391 g/mol. The molecule has 0 unspecified atom stereocenters. The first kappa shape index (κ1) is 22.6. The van der Waals surface area contributed by atoms with Gasteiger partial charge in [0.1, 0.15) is 0 Å². The maximum atomic E-state index is 4.94. The van der Waals surface area contributed by atoms with Crippen LogP contribution in [-0.4, -0.2) is 37.6 Å². The molecule has 0 atom stereocenters. The molecule has 0 aliphatic carbocycles. The van der Waals surface area contributed by atoms with Crippen LogP contribution >= 0.6 is 33.2 Å². The van der Waals surface area contributed by atoms with Crippen molar-refractivity contribution < 1.29 is 13.3 Å². The molecule has 3 nitrogen and oxygen atoms in total. The number of halogens is 3. The molecule has 0 aliphatic rings. The summed E-state index contributed by atoms with van der Waals surface area (Å²) < 4.78 is 14.2. The second-order valence-corrected chi connectivity index (χ2v) is 12.4. The zero-order valence-corrected chi connectivity index (χ0v) is 17.9. The Hall–Kier alpha value is -0.376. The average Bonchev–Trinajstić information content (AvgIpc) is 2.58. The van der Waals surface area contributed by atoms with Crippen molar-refractivity contribution in [3.63, 3.8) is 0 Å². The fraction of sp³-hybridized carbons (Fsp3) is 0.200. The molecule has 0 spiro atoms. The Bertz CT molecular complexity index is 440. The van der Waals surface area contributed by atoms with Crippen molar-refractivity contribution in [3.8, 4) is 11.1 Å². The van der Waals surface area contributed by atoms with Crippen LogP contribution in [-0.2, 0) is 13.3 Å². The second kappa shape index (κ2) is 15.2. The van der Waals surface area contributed by atoms with Crippen LogP contribution in [0, 0.1) is 0 Å². The molecule has 0 aliphatic heterocycles. The van der Waals surface area contributed by atoms with Crippen molar-refractivity contribution in [3.05, 3.63) is 60.7 Å². The van der Waals surface area contributed by atoms with E-state index >= 15 is 0 Å². The quantitative estimate of drug-likeness (QED) is 0.550. The first-order chi connectivity index (χ1) is 11.0. The number of benzene rings is 2. The summed E-state index contributed by atoms with van der Waals surface area (Å²) in [6.45, 7) is -1.72. The molecule has 8 heteroatoms. The molecule has 0 saturated carbocycles. The van der Waals surface area contributed by atoms with Gasteiger partial charge in [-0.2, -0.15) is 0 Å². The van der Waals surface area contributed by atoms with E-state index in [0.717, 1.165) is 0 Å². The maximum Gasteiger partial charge on any atom is 0.483 e. The van der Waals surface area contributed by atoms with Gasteiger partial charge in [-0.25, -0.2) is 0 Å². The standard InChI is InChI=1S/C12H10.C3H10O3Si.Cl3HSi/c1-3-7-11(8-4-1)12-9-5-2-6-10-12;1-4-7(5-2)6-3;1-4(2)3/h1-10H;7H,1-3H3;4H. The number of hydrogen-bond acceptors (Lipinski definition) is 3. The Balaban J connectivity index is 0.000000377. The lowest BCUT2D eigenvalue weighted by molar-refractivity contribution is 0.163. The summed E-state index contributed by atoms with van der Waals surface area (Å²) >= 11 is 14.8. The molecule has 2 aromatic carbocycles. The van der Waals surface area contributed by atoms with Crippen molar-refractivity contribution in [2.24, 2.45) is 0 Å². The van der Waals surface area contributed by atoms with E-state index < -0.39 is 16.3 Å². The maximum absolute atomic E-state index is 4.94. The van der Waals surface area contributed by atoms with Gasteiger partial charge < -0.3 is 13.3 Å². The van der Waals surface area contributed by atoms with Crippen molar-refractivity contribution in [2.75, 3.05) is 21.3 Å². The largest absolute Gasteiger partial charge is 0.483 e. The average molecular weight is 412 g/mol. The molecule has 2 aromatic rings. The van der Waals surface area contributed by atoms with Crippen LogP contribution in [0.2, 0.25) is 0 Å². The third-order valence-electron chi connectivity index (χ3n) is 2.46. The van der Waals surface area contributed by atoms with Crippen LogP contribution in [0.1, 0.15) is 0 Å². The summed E-state index contributed by atoms with van der Waals surface area (Å²) in [5.74, 6) is 0. The van der Waals surface area contributed by atoms with Gasteiger partial charge in [-0.15, -0.1) is 33.2 Å². The first-order valence-electron chi connectivity index (χ1n) is 6.66. The van der Waals surface area contributed by atoms with Crippen LogP contribution in [0.25, 0.3) is 11.1 Å². The molecule has 23 heavy (non-hydrogen) atoms. The molecule has 0 saturated heterocycles. The Morgan fingerprint density at radius 2 is 0.870 bits per heavy atom. The van der Waals surface area contributed by atoms with Gasteiger partial charge in [-0.3, -0.25) is 0 Å². The minimum absolute atomic E-state index is 1.28. The monoisotopic (exact) mass is 410 g/mol. The molecular formula is C15H21Cl3O3Si2. The van der Waals surface area contributed by atoms with Crippen LogP contribution < -0.4 is 0 Å². The summed E-state index contributed by atoms with van der Waals surface area (Å²) in [7, 11) is 3.05. The zero-order chi connectivity index (χ0) is 17.5. The molecule has 0 fully saturated rings. The number of rotatable bonds is 4. The lowest BCUT2D eigenvalue weighted by Gasteiger charge is -2.05. The Morgan fingerprint density at radius 3 is 1.04 bits per heavy atom. The summed E-state index contributed by atoms with van der Waals surface area (Å²) in [4.78, 5) is 0. The summed E-state index contributed by atoms with van der Waals surface area (Å²) in [5.41, 5.74) is 2.55. The van der Waals surface area contributed by atoms with E-state index in [0.29, 0.717) is 0 Å². The lowest BCUT2D eigenvalue weighted by Crippen LogP contribution is -2.21. The Kier molecular flexibility index (Phi) is 14.9. The Morgan fingerprint density at radius 1 is 0.609 bits per heavy atom. The van der Waals surface area contributed by atoms with Gasteiger partial charge in [0.2, 0.25) is 0 Å². The normalized spacial score (nSPS) is 9.74. The Labute approximate surface area is 155 Å². The lowest BCUT2D eigenvalue weighted by atomic mass is 10.1. The van der Waals surface area contributed by atoms with Crippen LogP contribution in [0.5, 0.6) is 0 Å². The predicted molar refractivity (Wildman–Crippen MR) is 105 cm³/mol. The third-order valence-corrected chi connectivity index (χ3v) is 3.61. The van der Waals surface area contributed by atoms with E-state index in [1.807, 2.05) is 12.1 Å². The fourth-order valence-corrected chi connectivity index (χ4v) is 2.13. The van der Waals surface area contributed by atoms with Crippen molar-refractivity contribution in [2.45, 2.75) is 0 Å². The topological polar surface area (TPSA) is 27.7 Å². The molecule has 0 bridgehead atoms. The summed E-state index contributed by atoms with van der Waals surface area (Å²) in [6, 6.07) is 20.8. The highest BCUT2D eigenvalue weighted by atomic mass is 35.8. The van der Waals surface area contributed by atoms with Crippen molar-refractivity contribution >= 4 is 49.5 Å². The van der Waals surface area contributed by atoms with E-state index in [9.17, 15) is 0 Å². The third kappa shape index (κ3) is 12.7. The minimum atomic E-state index is -1.72. The highest BCUT2D eigenvalue weighted by Crippen LogP contribution is 2.17. The smallest absolute Gasteiger partial charge is 0.379 e. The SMILES string of the molecule is CO[SiH](OC)OC.Cl[SiH](Cl)Cl.c1ccc(-c2ccccc2)cc1. The molecule has 0 aromatic heterocycles. The summed E-state index contributed by atoms with van der Waals surface area (Å²) in [5, 5.41) is 0. The van der Waals surface area contributed by atoms with Gasteiger partial charge in [0, 0.05) is 21.3 Å². The van der Waals surface area contributed by atoms with E-state index in [2.05, 4.69) is 48.5 Å². The molecule has 0 N–H and O–H groups in total. The molecule has 0 radical (unpaired) electrons. The van der Waals surface area contributed by atoms with Gasteiger partial charge in [0.15, 0.2) is 0 Å². The molecule has 0 amide bonds. The predicted octanol–water partition coefficient (Wildman–Crippen LogP) is 4.42. The zero-order valence-electron chi connectivity index (χ0n) is 13.3. The van der Waals surface area contributed by atoms with E-state index in [1.54, 1.807) is 21.3 Å². The second-order valence-electron chi connectivity index (χ2n) is 3.98. The fourth-order valence-electron chi connectivity index (χ4n) is 1.55. The van der Waals surface area contributed by atoms with Crippen LogP contribution in [0.4, 0.5) is 0 Å². The van der Waals surface area contributed by atoms with Gasteiger partial charge >= 0.3 is 16.3 Å². The van der Waals surface area contributed by atoms with Crippen molar-refractivity contribution in [1.29, 1.82) is 0 Å². The molecule has 0 heterocycles. The summed E-state index contributed by atoms with van der Waals surface area (Å²) in [6.07, 6.45) is 0. The van der Waals surface area contributed by atoms with Crippen LogP contribution in [0.15, 0.2) is 60.7 Å². The van der Waals surface area contributed by atoms with Gasteiger partial charge in [0.25, 0.3) is 0 Å². The highest BCUT2D eigenvalue weighted by molar-refractivity contribution is 7.54. The van der Waals surface area contributed by atoms with Gasteiger partial charge in [-0.05, 0) is 11.1 Å².